The van der Waals surface area contributed by atoms with Gasteiger partial charge < -0.3 is 25.2 Å². The maximum atomic E-state index is 10.4. The number of nitrogens with zero attached hydrogens (tertiary/aromatic N) is 6. The van der Waals surface area contributed by atoms with Crippen molar-refractivity contribution in [1.29, 1.82) is 0 Å². The number of rotatable bonds is 5. The lowest BCUT2D eigenvalue weighted by Crippen LogP contribution is -2.40. The summed E-state index contributed by atoms with van der Waals surface area (Å²) in [5.74, 6) is 2.39. The van der Waals surface area contributed by atoms with Crippen molar-refractivity contribution >= 4 is 17.0 Å². The topological polar surface area (TPSA) is 106 Å². The van der Waals surface area contributed by atoms with Gasteiger partial charge in [0.25, 0.3) is 0 Å². The highest BCUT2D eigenvalue weighted by atomic mass is 16.3. The number of hydrogen-bond acceptors (Lipinski definition) is 8. The fraction of sp³-hybridized carbons (Fsp3) is 0.484. The molecule has 0 aliphatic carbocycles. The van der Waals surface area contributed by atoms with Crippen LogP contribution in [0.4, 0.5) is 5.95 Å². The van der Waals surface area contributed by atoms with E-state index in [-0.39, 0.29) is 11.8 Å². The molecule has 0 radical (unpaired) electrons. The number of benzene rings is 1. The van der Waals surface area contributed by atoms with E-state index in [9.17, 15) is 5.11 Å². The van der Waals surface area contributed by atoms with Crippen LogP contribution in [0.3, 0.4) is 0 Å². The van der Waals surface area contributed by atoms with E-state index in [1.807, 2.05) is 24.3 Å². The number of phenols is 1. The number of aromatic nitrogens is 5. The third-order valence-corrected chi connectivity index (χ3v) is 9.30. The summed E-state index contributed by atoms with van der Waals surface area (Å²) in [6.07, 6.45) is 10.00. The maximum absolute atomic E-state index is 10.4. The molecule has 0 spiro atoms. The Morgan fingerprint density at radius 3 is 2.52 bits per heavy atom. The van der Waals surface area contributed by atoms with Gasteiger partial charge >= 0.3 is 0 Å². The number of piperidine rings is 2. The molecular formula is C31H38N8O. The lowest BCUT2D eigenvalue weighted by Gasteiger charge is -2.36. The van der Waals surface area contributed by atoms with Gasteiger partial charge in [-0.15, -0.1) is 10.2 Å². The summed E-state index contributed by atoms with van der Waals surface area (Å²) in [6, 6.07) is 9.38. The first-order valence-electron chi connectivity index (χ1n) is 14.8. The summed E-state index contributed by atoms with van der Waals surface area (Å²) in [7, 11) is 0. The average molecular weight is 539 g/mol. The third-order valence-electron chi connectivity index (χ3n) is 9.30. The minimum Gasteiger partial charge on any atom is -0.507 e. The van der Waals surface area contributed by atoms with Gasteiger partial charge in [0.1, 0.15) is 5.75 Å². The quantitative estimate of drug-likeness (QED) is 0.343. The third kappa shape index (κ3) is 4.81. The first kappa shape index (κ1) is 25.4. The van der Waals surface area contributed by atoms with E-state index in [0.29, 0.717) is 17.2 Å². The fourth-order valence-corrected chi connectivity index (χ4v) is 6.98. The maximum Gasteiger partial charge on any atom is 0.225 e. The summed E-state index contributed by atoms with van der Waals surface area (Å²) in [6.45, 7) is 9.01. The van der Waals surface area contributed by atoms with Gasteiger partial charge in [0.05, 0.1) is 11.7 Å². The van der Waals surface area contributed by atoms with Crippen molar-refractivity contribution in [2.24, 2.45) is 5.92 Å². The summed E-state index contributed by atoms with van der Waals surface area (Å²) in [5, 5.41) is 23.7. The van der Waals surface area contributed by atoms with Gasteiger partial charge in [-0.3, -0.25) is 0 Å². The largest absolute Gasteiger partial charge is 0.507 e. The second kappa shape index (κ2) is 10.8. The number of aromatic hydroxyl groups is 1. The zero-order valence-corrected chi connectivity index (χ0v) is 23.2. The SMILES string of the molecule is C[C@@H]1c2c([nH]c3nnc(-c4ccccc4O)cc23)CCN1c1ncc(C2CCN(CC3CCNCC3)CC2)cn1. The molecule has 3 aliphatic heterocycles. The molecule has 0 bridgehead atoms. The monoisotopic (exact) mass is 538 g/mol. The average Bonchev–Trinajstić information content (AvgIpc) is 3.37. The molecule has 1 aromatic carbocycles. The number of para-hydroxylation sites is 1. The van der Waals surface area contributed by atoms with E-state index in [0.717, 1.165) is 35.9 Å². The van der Waals surface area contributed by atoms with Crippen molar-refractivity contribution in [1.82, 2.24) is 35.4 Å². The van der Waals surface area contributed by atoms with Crippen LogP contribution in [0.1, 0.15) is 61.4 Å². The fourth-order valence-electron chi connectivity index (χ4n) is 6.98. The Kier molecular flexibility index (Phi) is 6.85. The number of likely N-dealkylation sites (tertiary alicyclic amines) is 1. The second-order valence-electron chi connectivity index (χ2n) is 11.7. The molecule has 2 fully saturated rings. The van der Waals surface area contributed by atoms with Crippen molar-refractivity contribution in [3.05, 3.63) is 59.5 Å². The molecule has 3 aromatic heterocycles. The smallest absolute Gasteiger partial charge is 0.225 e. The Hall–Kier alpha value is -3.56. The van der Waals surface area contributed by atoms with E-state index in [1.165, 1.54) is 75.2 Å². The summed E-state index contributed by atoms with van der Waals surface area (Å²) < 4.78 is 0. The number of H-pyrrole nitrogens is 1. The highest BCUT2D eigenvalue weighted by Gasteiger charge is 2.31. The van der Waals surface area contributed by atoms with Crippen LogP contribution in [0, 0.1) is 5.92 Å². The van der Waals surface area contributed by atoms with Crippen molar-refractivity contribution in [2.75, 3.05) is 44.2 Å². The predicted octanol–water partition coefficient (Wildman–Crippen LogP) is 4.42. The Labute approximate surface area is 235 Å². The van der Waals surface area contributed by atoms with Gasteiger partial charge in [0.2, 0.25) is 5.95 Å². The highest BCUT2D eigenvalue weighted by Crippen LogP contribution is 2.38. The minimum absolute atomic E-state index is 0.0861. The van der Waals surface area contributed by atoms with Crippen molar-refractivity contribution in [3.8, 4) is 17.0 Å². The molecule has 1 atom stereocenters. The molecule has 3 N–H and O–H groups in total. The van der Waals surface area contributed by atoms with Gasteiger partial charge in [-0.05, 0) is 94.4 Å². The van der Waals surface area contributed by atoms with E-state index in [4.69, 9.17) is 9.97 Å². The first-order valence-corrected chi connectivity index (χ1v) is 14.8. The Balaban J connectivity index is 1.06. The molecule has 4 aromatic rings. The van der Waals surface area contributed by atoms with Crippen LogP contribution in [0.25, 0.3) is 22.3 Å². The number of nitrogens with one attached hydrogen (secondary N) is 2. The molecule has 40 heavy (non-hydrogen) atoms. The first-order chi connectivity index (χ1) is 19.6. The standard InChI is InChI=1S/C31H38N8O/c1-20-29-25-16-27(24-4-2-3-5-28(24)40)36-37-30(25)35-26(29)10-15-39(20)31-33-17-23(18-34-31)22-8-13-38(14-9-22)19-21-6-11-32-12-7-21/h2-5,16-18,20-22,32,40H,6-15,19H2,1H3,(H,35,37)/t20-/m1/s1. The number of aromatic amines is 1. The molecule has 208 valence electrons. The van der Waals surface area contributed by atoms with Crippen LogP contribution in [0.2, 0.25) is 0 Å². The lowest BCUT2D eigenvalue weighted by molar-refractivity contribution is 0.167. The van der Waals surface area contributed by atoms with Crippen LogP contribution in [-0.4, -0.2) is 74.4 Å². The minimum atomic E-state index is 0.0861. The van der Waals surface area contributed by atoms with E-state index in [1.54, 1.807) is 6.07 Å². The number of hydrogen-bond donors (Lipinski definition) is 3. The molecule has 0 amide bonds. The van der Waals surface area contributed by atoms with Gasteiger partial charge in [0, 0.05) is 54.1 Å². The molecule has 9 heteroatoms. The number of fused-ring (bicyclic) bond motifs is 3. The summed E-state index contributed by atoms with van der Waals surface area (Å²) in [5.41, 5.74) is 5.80. The molecule has 6 heterocycles. The predicted molar refractivity (Wildman–Crippen MR) is 156 cm³/mol. The van der Waals surface area contributed by atoms with Crippen LogP contribution in [-0.2, 0) is 6.42 Å². The van der Waals surface area contributed by atoms with Gasteiger partial charge in [-0.1, -0.05) is 12.1 Å². The van der Waals surface area contributed by atoms with Gasteiger partial charge in [0.15, 0.2) is 5.65 Å². The molecular weight excluding hydrogens is 500 g/mol. The van der Waals surface area contributed by atoms with E-state index >= 15 is 0 Å². The number of anilines is 1. The molecule has 0 unspecified atom stereocenters. The molecule has 9 nitrogen and oxygen atoms in total. The van der Waals surface area contributed by atoms with Gasteiger partial charge in [-0.2, -0.15) is 0 Å². The van der Waals surface area contributed by atoms with Crippen LogP contribution in [0.15, 0.2) is 42.7 Å². The highest BCUT2D eigenvalue weighted by molar-refractivity contribution is 5.86. The Morgan fingerprint density at radius 1 is 0.975 bits per heavy atom. The van der Waals surface area contributed by atoms with Crippen molar-refractivity contribution in [2.45, 2.75) is 51.0 Å². The molecule has 0 saturated carbocycles. The molecule has 3 aliphatic rings. The summed E-state index contributed by atoms with van der Waals surface area (Å²) >= 11 is 0. The van der Waals surface area contributed by atoms with E-state index < -0.39 is 0 Å². The molecule has 7 rings (SSSR count). The Bertz CT molecular complexity index is 1470. The second-order valence-corrected chi connectivity index (χ2v) is 11.7. The van der Waals surface area contributed by atoms with E-state index in [2.05, 4.69) is 49.6 Å². The van der Waals surface area contributed by atoms with Crippen LogP contribution >= 0.6 is 0 Å². The lowest BCUT2D eigenvalue weighted by atomic mass is 9.90. The van der Waals surface area contributed by atoms with Crippen LogP contribution in [0.5, 0.6) is 5.75 Å². The van der Waals surface area contributed by atoms with Gasteiger partial charge in [-0.25, -0.2) is 9.97 Å². The van der Waals surface area contributed by atoms with Crippen LogP contribution < -0.4 is 10.2 Å². The Morgan fingerprint density at radius 2 is 1.75 bits per heavy atom. The normalized spacial score (nSPS) is 21.1. The summed E-state index contributed by atoms with van der Waals surface area (Å²) in [4.78, 5) is 18.2. The van der Waals surface area contributed by atoms with Crippen molar-refractivity contribution in [3.63, 3.8) is 0 Å². The zero-order chi connectivity index (χ0) is 27.1. The zero-order valence-electron chi connectivity index (χ0n) is 23.2. The van der Waals surface area contributed by atoms with Crippen molar-refractivity contribution < 1.29 is 5.11 Å². The number of phenolic OH excluding ortho intramolecular Hbond substituents is 1. The molecule has 2 saturated heterocycles.